The Morgan fingerprint density at radius 2 is 2.08 bits per heavy atom. The first kappa shape index (κ1) is 18.6. The van der Waals surface area contributed by atoms with Gasteiger partial charge in [0.15, 0.2) is 11.5 Å². The molecule has 1 aliphatic rings. The number of amides is 1. The van der Waals surface area contributed by atoms with Gasteiger partial charge in [-0.15, -0.1) is 0 Å². The Bertz CT molecular complexity index is 739. The molecule has 0 N–H and O–H groups in total. The number of pyridine rings is 1. The zero-order valence-electron chi connectivity index (χ0n) is 15.2. The smallest absolute Gasteiger partial charge is 0.232 e. The third-order valence-electron chi connectivity index (χ3n) is 4.59. The number of hydrogen-bond donors (Lipinski definition) is 0. The maximum absolute atomic E-state index is 12.4. The van der Waals surface area contributed by atoms with Crippen LogP contribution in [-0.4, -0.2) is 48.9 Å². The minimum atomic E-state index is 0.190. The second-order valence-electron chi connectivity index (χ2n) is 6.34. The summed E-state index contributed by atoms with van der Waals surface area (Å²) < 4.78 is 10.7. The van der Waals surface area contributed by atoms with Crippen LogP contribution in [-0.2, 0) is 11.2 Å². The lowest BCUT2D eigenvalue weighted by atomic mass is 9.98. The van der Waals surface area contributed by atoms with Crippen LogP contribution in [0.5, 0.6) is 11.5 Å². The molecule has 0 spiro atoms. The van der Waals surface area contributed by atoms with Crippen LogP contribution < -0.4 is 9.47 Å². The molecule has 1 fully saturated rings. The highest BCUT2D eigenvalue weighted by Crippen LogP contribution is 2.30. The number of carbonyl (C=O) groups excluding carboxylic acids is 1. The van der Waals surface area contributed by atoms with Gasteiger partial charge in [-0.3, -0.25) is 4.79 Å². The minimum Gasteiger partial charge on any atom is -0.493 e. The third-order valence-corrected chi connectivity index (χ3v) is 5.52. The van der Waals surface area contributed by atoms with Crippen LogP contribution in [0.4, 0.5) is 0 Å². The fraction of sp³-hybridized carbons (Fsp3) is 0.400. The van der Waals surface area contributed by atoms with E-state index in [0.29, 0.717) is 11.7 Å². The molecule has 1 amide bonds. The van der Waals surface area contributed by atoms with Gasteiger partial charge in [0, 0.05) is 19.3 Å². The van der Waals surface area contributed by atoms with E-state index < -0.39 is 0 Å². The van der Waals surface area contributed by atoms with Gasteiger partial charge in [-0.05, 0) is 48.6 Å². The molecule has 26 heavy (non-hydrogen) atoms. The molecule has 1 aromatic carbocycles. The average molecular weight is 372 g/mol. The van der Waals surface area contributed by atoms with Crippen molar-refractivity contribution in [2.45, 2.75) is 17.9 Å². The minimum absolute atomic E-state index is 0.190. The maximum Gasteiger partial charge on any atom is 0.232 e. The van der Waals surface area contributed by atoms with E-state index in [1.807, 2.05) is 35.2 Å². The summed E-state index contributed by atoms with van der Waals surface area (Å²) in [5, 5.41) is 0.891. The summed E-state index contributed by atoms with van der Waals surface area (Å²) in [5.41, 5.74) is 1.21. The van der Waals surface area contributed by atoms with Gasteiger partial charge in [0.1, 0.15) is 0 Å². The van der Waals surface area contributed by atoms with Gasteiger partial charge in [0.25, 0.3) is 0 Å². The SMILES string of the molecule is COc1ccc(CC2CCN(C(=O)CSc3ccccn3)C2)cc1OC. The van der Waals surface area contributed by atoms with Crippen molar-refractivity contribution in [2.75, 3.05) is 33.1 Å². The molecule has 1 aliphatic heterocycles. The van der Waals surface area contributed by atoms with Gasteiger partial charge in [-0.1, -0.05) is 23.9 Å². The summed E-state index contributed by atoms with van der Waals surface area (Å²) in [6.45, 7) is 1.65. The number of ether oxygens (including phenoxy) is 2. The van der Waals surface area contributed by atoms with E-state index in [2.05, 4.69) is 11.1 Å². The molecule has 5 nitrogen and oxygen atoms in total. The molecule has 1 unspecified atom stereocenters. The fourth-order valence-corrected chi connectivity index (χ4v) is 3.99. The molecule has 3 rings (SSSR count). The highest BCUT2D eigenvalue weighted by atomic mass is 32.2. The summed E-state index contributed by atoms with van der Waals surface area (Å²) in [6.07, 6.45) is 3.73. The zero-order chi connectivity index (χ0) is 18.4. The van der Waals surface area contributed by atoms with Gasteiger partial charge in [-0.2, -0.15) is 0 Å². The van der Waals surface area contributed by atoms with Crippen molar-refractivity contribution >= 4 is 17.7 Å². The fourth-order valence-electron chi connectivity index (χ4n) is 3.23. The summed E-state index contributed by atoms with van der Waals surface area (Å²) in [4.78, 5) is 18.7. The molecular weight excluding hydrogens is 348 g/mol. The van der Waals surface area contributed by atoms with Crippen LogP contribution in [0, 0.1) is 5.92 Å². The molecule has 0 radical (unpaired) electrons. The van der Waals surface area contributed by atoms with Crippen molar-refractivity contribution in [3.8, 4) is 11.5 Å². The van der Waals surface area contributed by atoms with Gasteiger partial charge in [-0.25, -0.2) is 4.98 Å². The summed E-state index contributed by atoms with van der Waals surface area (Å²) in [7, 11) is 3.29. The lowest BCUT2D eigenvalue weighted by Crippen LogP contribution is -2.30. The molecule has 0 bridgehead atoms. The zero-order valence-corrected chi connectivity index (χ0v) is 16.0. The Labute approximate surface area is 158 Å². The topological polar surface area (TPSA) is 51.7 Å². The van der Waals surface area contributed by atoms with Crippen molar-refractivity contribution in [2.24, 2.45) is 5.92 Å². The second kappa shape index (κ2) is 8.94. The second-order valence-corrected chi connectivity index (χ2v) is 7.34. The van der Waals surface area contributed by atoms with Crippen molar-refractivity contribution in [1.29, 1.82) is 0 Å². The van der Waals surface area contributed by atoms with E-state index in [9.17, 15) is 4.79 Å². The molecule has 2 aromatic rings. The Morgan fingerprint density at radius 3 is 2.81 bits per heavy atom. The number of nitrogens with zero attached hydrogens (tertiary/aromatic N) is 2. The number of hydrogen-bond acceptors (Lipinski definition) is 5. The highest BCUT2D eigenvalue weighted by Gasteiger charge is 2.26. The number of carbonyl (C=O) groups is 1. The first-order valence-corrected chi connectivity index (χ1v) is 9.70. The van der Waals surface area contributed by atoms with Gasteiger partial charge in [0.05, 0.1) is 25.0 Å². The van der Waals surface area contributed by atoms with E-state index in [4.69, 9.17) is 9.47 Å². The molecule has 0 aliphatic carbocycles. The predicted octanol–water partition coefficient (Wildman–Crippen LogP) is 3.28. The van der Waals surface area contributed by atoms with Crippen LogP contribution in [0.25, 0.3) is 0 Å². The normalized spacial score (nSPS) is 16.5. The number of thioether (sulfide) groups is 1. The van der Waals surface area contributed by atoms with Gasteiger partial charge >= 0.3 is 0 Å². The standard InChI is InChI=1S/C20H24N2O3S/c1-24-17-7-6-15(12-18(17)25-2)11-16-8-10-22(13-16)20(23)14-26-19-5-3-4-9-21-19/h3-7,9,12,16H,8,10-11,13-14H2,1-2H3. The number of rotatable bonds is 7. The number of benzene rings is 1. The molecule has 6 heteroatoms. The van der Waals surface area contributed by atoms with E-state index in [-0.39, 0.29) is 5.91 Å². The van der Waals surface area contributed by atoms with E-state index >= 15 is 0 Å². The first-order chi connectivity index (χ1) is 12.7. The quantitative estimate of drug-likeness (QED) is 0.698. The number of methoxy groups -OCH3 is 2. The van der Waals surface area contributed by atoms with Crippen LogP contribution >= 0.6 is 11.8 Å². The molecule has 1 aromatic heterocycles. The van der Waals surface area contributed by atoms with Crippen molar-refractivity contribution in [1.82, 2.24) is 9.88 Å². The molecule has 1 atom stereocenters. The van der Waals surface area contributed by atoms with Crippen LogP contribution in [0.15, 0.2) is 47.6 Å². The van der Waals surface area contributed by atoms with E-state index in [1.165, 1.54) is 17.3 Å². The van der Waals surface area contributed by atoms with Crippen molar-refractivity contribution < 1.29 is 14.3 Å². The third kappa shape index (κ3) is 4.69. The molecule has 138 valence electrons. The summed E-state index contributed by atoms with van der Waals surface area (Å²) in [6, 6.07) is 11.8. The summed E-state index contributed by atoms with van der Waals surface area (Å²) >= 11 is 1.50. The number of aromatic nitrogens is 1. The Morgan fingerprint density at radius 1 is 1.23 bits per heavy atom. The maximum atomic E-state index is 12.4. The Balaban J connectivity index is 1.51. The largest absolute Gasteiger partial charge is 0.493 e. The molecule has 2 heterocycles. The van der Waals surface area contributed by atoms with Crippen molar-refractivity contribution in [3.63, 3.8) is 0 Å². The van der Waals surface area contributed by atoms with E-state index in [0.717, 1.165) is 42.5 Å². The lowest BCUT2D eigenvalue weighted by Gasteiger charge is -2.17. The first-order valence-electron chi connectivity index (χ1n) is 8.72. The molecule has 0 saturated carbocycles. The Hall–Kier alpha value is -2.21. The lowest BCUT2D eigenvalue weighted by molar-refractivity contribution is -0.127. The number of likely N-dealkylation sites (tertiary alicyclic amines) is 1. The van der Waals surface area contributed by atoms with Crippen LogP contribution in [0.2, 0.25) is 0 Å². The Kier molecular flexibility index (Phi) is 6.39. The van der Waals surface area contributed by atoms with Crippen molar-refractivity contribution in [3.05, 3.63) is 48.2 Å². The molecule has 1 saturated heterocycles. The van der Waals surface area contributed by atoms with Crippen LogP contribution in [0.1, 0.15) is 12.0 Å². The summed E-state index contributed by atoms with van der Waals surface area (Å²) in [5.74, 6) is 2.61. The molecular formula is C20H24N2O3S. The van der Waals surface area contributed by atoms with Gasteiger partial charge in [0.2, 0.25) is 5.91 Å². The average Bonchev–Trinajstić information content (AvgIpc) is 3.15. The predicted molar refractivity (Wildman–Crippen MR) is 103 cm³/mol. The van der Waals surface area contributed by atoms with Crippen LogP contribution in [0.3, 0.4) is 0 Å². The van der Waals surface area contributed by atoms with E-state index in [1.54, 1.807) is 20.4 Å². The van der Waals surface area contributed by atoms with Gasteiger partial charge < -0.3 is 14.4 Å². The monoisotopic (exact) mass is 372 g/mol. The highest BCUT2D eigenvalue weighted by molar-refractivity contribution is 7.99.